The SMILES string of the molecule is CC(=O)N=CCC(C)(C)C. The number of aliphatic imine (C=N–C) groups is 1. The Hall–Kier alpha value is -0.660. The van der Waals surface area contributed by atoms with Crippen molar-refractivity contribution < 1.29 is 4.79 Å². The second-order valence-corrected chi connectivity index (χ2v) is 3.60. The molecule has 0 saturated carbocycles. The third-order valence-corrected chi connectivity index (χ3v) is 0.977. The minimum absolute atomic E-state index is 0.121. The standard InChI is InChI=1S/C8H15NO/c1-7(10)9-6-5-8(2,3)4/h6H,5H2,1-4H3. The Kier molecular flexibility index (Phi) is 3.26. The highest BCUT2D eigenvalue weighted by atomic mass is 16.1. The van der Waals surface area contributed by atoms with Crippen LogP contribution in [0.2, 0.25) is 0 Å². The molecule has 2 heteroatoms. The lowest BCUT2D eigenvalue weighted by molar-refractivity contribution is -0.115. The van der Waals surface area contributed by atoms with Gasteiger partial charge >= 0.3 is 0 Å². The number of nitrogens with zero attached hydrogens (tertiary/aromatic N) is 1. The van der Waals surface area contributed by atoms with Gasteiger partial charge in [0.25, 0.3) is 0 Å². The van der Waals surface area contributed by atoms with Gasteiger partial charge in [-0.2, -0.15) is 0 Å². The lowest BCUT2D eigenvalue weighted by Crippen LogP contribution is -2.05. The van der Waals surface area contributed by atoms with Crippen molar-refractivity contribution in [2.24, 2.45) is 10.4 Å². The van der Waals surface area contributed by atoms with Crippen LogP contribution in [0.1, 0.15) is 34.1 Å². The zero-order valence-electron chi connectivity index (χ0n) is 7.14. The third-order valence-electron chi connectivity index (χ3n) is 0.977. The van der Waals surface area contributed by atoms with E-state index in [1.54, 1.807) is 6.21 Å². The van der Waals surface area contributed by atoms with E-state index >= 15 is 0 Å². The summed E-state index contributed by atoms with van der Waals surface area (Å²) in [5.74, 6) is -0.121. The zero-order chi connectivity index (χ0) is 8.20. The van der Waals surface area contributed by atoms with E-state index < -0.39 is 0 Å². The van der Waals surface area contributed by atoms with E-state index in [1.165, 1.54) is 6.92 Å². The summed E-state index contributed by atoms with van der Waals surface area (Å²) < 4.78 is 0. The maximum absolute atomic E-state index is 10.3. The molecule has 0 aromatic carbocycles. The summed E-state index contributed by atoms with van der Waals surface area (Å²) in [5.41, 5.74) is 0.235. The Balaban J connectivity index is 3.64. The summed E-state index contributed by atoms with van der Waals surface area (Å²) in [7, 11) is 0. The first-order valence-electron chi connectivity index (χ1n) is 3.45. The van der Waals surface area contributed by atoms with E-state index in [0.29, 0.717) is 0 Å². The lowest BCUT2D eigenvalue weighted by Gasteiger charge is -2.13. The van der Waals surface area contributed by atoms with Crippen molar-refractivity contribution in [3.05, 3.63) is 0 Å². The topological polar surface area (TPSA) is 29.4 Å². The summed E-state index contributed by atoms with van der Waals surface area (Å²) in [6, 6.07) is 0. The molecule has 0 fully saturated rings. The molecule has 0 N–H and O–H groups in total. The van der Waals surface area contributed by atoms with E-state index in [4.69, 9.17) is 0 Å². The number of rotatable bonds is 1. The quantitative estimate of drug-likeness (QED) is 0.514. The highest BCUT2D eigenvalue weighted by molar-refractivity contribution is 5.82. The predicted octanol–water partition coefficient (Wildman–Crippen LogP) is 2.04. The maximum atomic E-state index is 10.3. The van der Waals surface area contributed by atoms with Gasteiger partial charge in [-0.05, 0) is 11.8 Å². The predicted molar refractivity (Wildman–Crippen MR) is 43.2 cm³/mol. The van der Waals surface area contributed by atoms with Crippen molar-refractivity contribution in [3.63, 3.8) is 0 Å². The van der Waals surface area contributed by atoms with Crippen molar-refractivity contribution in [3.8, 4) is 0 Å². The van der Waals surface area contributed by atoms with Gasteiger partial charge in [-0.1, -0.05) is 20.8 Å². The van der Waals surface area contributed by atoms with Gasteiger partial charge < -0.3 is 0 Å². The highest BCUT2D eigenvalue weighted by Crippen LogP contribution is 2.15. The first kappa shape index (κ1) is 9.34. The third kappa shape index (κ3) is 7.34. The normalized spacial score (nSPS) is 12.4. The Morgan fingerprint density at radius 2 is 2.00 bits per heavy atom. The zero-order valence-corrected chi connectivity index (χ0v) is 7.14. The molecule has 0 aliphatic rings. The molecule has 0 aliphatic heterocycles. The van der Waals surface area contributed by atoms with Gasteiger partial charge in [0.1, 0.15) is 0 Å². The summed E-state index contributed by atoms with van der Waals surface area (Å²) >= 11 is 0. The molecule has 58 valence electrons. The first-order chi connectivity index (χ1) is 4.42. The molecule has 0 aromatic heterocycles. The summed E-state index contributed by atoms with van der Waals surface area (Å²) in [6.07, 6.45) is 2.54. The molecule has 0 radical (unpaired) electrons. The molecule has 0 aliphatic carbocycles. The average molecular weight is 141 g/mol. The molecule has 0 unspecified atom stereocenters. The van der Waals surface area contributed by atoms with E-state index in [-0.39, 0.29) is 11.3 Å². The summed E-state index contributed by atoms with van der Waals surface area (Å²) in [4.78, 5) is 14.0. The van der Waals surface area contributed by atoms with Gasteiger partial charge in [-0.25, -0.2) is 4.99 Å². The molecule has 1 amide bonds. The molecule has 0 rings (SSSR count). The number of hydrogen-bond acceptors (Lipinski definition) is 1. The Morgan fingerprint density at radius 3 is 2.30 bits per heavy atom. The van der Waals surface area contributed by atoms with Crippen LogP contribution in [-0.4, -0.2) is 12.1 Å². The van der Waals surface area contributed by atoms with Crippen LogP contribution in [0.15, 0.2) is 4.99 Å². The van der Waals surface area contributed by atoms with Gasteiger partial charge in [-0.15, -0.1) is 0 Å². The molecule has 10 heavy (non-hydrogen) atoms. The largest absolute Gasteiger partial charge is 0.273 e. The number of carbonyl (C=O) groups is 1. The molecule has 0 atom stereocenters. The molecule has 0 bridgehead atoms. The molecule has 0 spiro atoms. The van der Waals surface area contributed by atoms with Crippen LogP contribution in [0.4, 0.5) is 0 Å². The van der Waals surface area contributed by atoms with Crippen LogP contribution in [0, 0.1) is 5.41 Å². The number of hydrogen-bond donors (Lipinski definition) is 0. The van der Waals surface area contributed by atoms with Crippen molar-refractivity contribution in [1.29, 1.82) is 0 Å². The van der Waals surface area contributed by atoms with Gasteiger partial charge in [0, 0.05) is 13.1 Å². The molecular formula is C8H15NO. The van der Waals surface area contributed by atoms with Crippen LogP contribution < -0.4 is 0 Å². The van der Waals surface area contributed by atoms with E-state index in [2.05, 4.69) is 25.8 Å². The first-order valence-corrected chi connectivity index (χ1v) is 3.45. The van der Waals surface area contributed by atoms with Crippen molar-refractivity contribution >= 4 is 12.1 Å². The van der Waals surface area contributed by atoms with E-state index in [9.17, 15) is 4.79 Å². The minimum Gasteiger partial charge on any atom is -0.273 e. The molecular weight excluding hydrogens is 126 g/mol. The fraction of sp³-hybridized carbons (Fsp3) is 0.750. The molecule has 0 heterocycles. The van der Waals surface area contributed by atoms with Crippen molar-refractivity contribution in [2.45, 2.75) is 34.1 Å². The van der Waals surface area contributed by atoms with E-state index in [0.717, 1.165) is 6.42 Å². The number of carbonyl (C=O) groups excluding carboxylic acids is 1. The molecule has 0 aromatic rings. The van der Waals surface area contributed by atoms with Crippen LogP contribution in [0.3, 0.4) is 0 Å². The van der Waals surface area contributed by atoms with Gasteiger partial charge in [0.15, 0.2) is 0 Å². The highest BCUT2D eigenvalue weighted by Gasteiger charge is 2.06. The molecule has 2 nitrogen and oxygen atoms in total. The summed E-state index contributed by atoms with van der Waals surface area (Å²) in [6.45, 7) is 7.79. The van der Waals surface area contributed by atoms with Crippen LogP contribution >= 0.6 is 0 Å². The smallest absolute Gasteiger partial charge is 0.242 e. The van der Waals surface area contributed by atoms with Crippen LogP contribution in [0.5, 0.6) is 0 Å². The van der Waals surface area contributed by atoms with Crippen LogP contribution in [0.25, 0.3) is 0 Å². The Labute approximate surface area is 62.4 Å². The lowest BCUT2D eigenvalue weighted by atomic mass is 9.93. The average Bonchev–Trinajstić information content (AvgIpc) is 1.59. The van der Waals surface area contributed by atoms with Crippen molar-refractivity contribution in [1.82, 2.24) is 0 Å². The maximum Gasteiger partial charge on any atom is 0.242 e. The minimum atomic E-state index is -0.121. The fourth-order valence-electron chi connectivity index (χ4n) is 0.448. The summed E-state index contributed by atoms with van der Waals surface area (Å²) in [5, 5.41) is 0. The second-order valence-electron chi connectivity index (χ2n) is 3.60. The van der Waals surface area contributed by atoms with Gasteiger partial charge in [-0.3, -0.25) is 4.79 Å². The second kappa shape index (κ2) is 3.49. The van der Waals surface area contributed by atoms with Gasteiger partial charge in [0.2, 0.25) is 5.91 Å². The van der Waals surface area contributed by atoms with Crippen molar-refractivity contribution in [2.75, 3.05) is 0 Å². The van der Waals surface area contributed by atoms with E-state index in [1.807, 2.05) is 0 Å². The van der Waals surface area contributed by atoms with Gasteiger partial charge in [0.05, 0.1) is 0 Å². The molecule has 0 saturated heterocycles. The fourth-order valence-corrected chi connectivity index (χ4v) is 0.448. The number of amides is 1. The Morgan fingerprint density at radius 1 is 1.50 bits per heavy atom. The Bertz CT molecular complexity index is 142. The monoisotopic (exact) mass is 141 g/mol. The van der Waals surface area contributed by atoms with Crippen LogP contribution in [-0.2, 0) is 4.79 Å².